The Balaban J connectivity index is 0.00000116. The van der Waals surface area contributed by atoms with E-state index < -0.39 is 55.7 Å². The van der Waals surface area contributed by atoms with Gasteiger partial charge in [0, 0.05) is 25.7 Å². The molecule has 0 bridgehead atoms. The number of phenolic OH excluding ortho intramolecular Hbond substituents is 5. The van der Waals surface area contributed by atoms with Gasteiger partial charge in [0.05, 0.1) is 31.8 Å². The smallest absolute Gasteiger partial charge is 0.303 e. The van der Waals surface area contributed by atoms with Crippen molar-refractivity contribution in [2.24, 2.45) is 5.41 Å². The largest absolute Gasteiger partial charge is 0.508 e. The maximum atomic E-state index is 10.8. The average Bonchev–Trinajstić information content (AvgIpc) is 0.809. The van der Waals surface area contributed by atoms with E-state index in [1.807, 2.05) is 54.6 Å². The number of hydrogen-bond donors (Lipinski definition) is 13. The Bertz CT molecular complexity index is 2740. The topological polar surface area (TPSA) is 331 Å². The molecule has 0 saturated carbocycles. The molecule has 0 aliphatic heterocycles. The van der Waals surface area contributed by atoms with Gasteiger partial charge in [0.2, 0.25) is 0 Å². The van der Waals surface area contributed by atoms with Gasteiger partial charge in [0.25, 0.3) is 0 Å². The van der Waals surface area contributed by atoms with Crippen LogP contribution in [0.2, 0.25) is 0 Å². The summed E-state index contributed by atoms with van der Waals surface area (Å²) in [5, 5.41) is 120. The summed E-state index contributed by atoms with van der Waals surface area (Å²) in [5.74, 6) is -1.52. The van der Waals surface area contributed by atoms with E-state index in [4.69, 9.17) is 46.0 Å². The summed E-state index contributed by atoms with van der Waals surface area (Å²) in [5.41, 5.74) is 8.40. The Morgan fingerprint density at radius 1 is 0.271 bits per heavy atom. The molecule has 0 aromatic heterocycles. The van der Waals surface area contributed by atoms with Crippen LogP contribution in [0.5, 0.6) is 28.7 Å². The van der Waals surface area contributed by atoms with Crippen LogP contribution in [0.15, 0.2) is 78.9 Å². The summed E-state index contributed by atoms with van der Waals surface area (Å²) in [7, 11) is 0. The minimum Gasteiger partial charge on any atom is -0.508 e. The van der Waals surface area contributed by atoms with Crippen LogP contribution < -0.4 is 0 Å². The van der Waals surface area contributed by atoms with Crippen LogP contribution in [0.1, 0.15) is 259 Å². The normalized spacial score (nSPS) is 12.2. The number of hydrogen-bond acceptors (Lipinski definition) is 13. The number of aliphatic hydroxyl groups excluding tert-OH is 4. The van der Waals surface area contributed by atoms with Crippen molar-refractivity contribution >= 4 is 23.9 Å². The maximum absolute atomic E-state index is 10.8. The van der Waals surface area contributed by atoms with Gasteiger partial charge >= 0.3 is 23.9 Å². The molecule has 0 aliphatic carbocycles. The Labute approximate surface area is 574 Å². The second-order valence-corrected chi connectivity index (χ2v) is 33.2. The van der Waals surface area contributed by atoms with Crippen LogP contribution in [0.25, 0.3) is 0 Å². The van der Waals surface area contributed by atoms with Crippen molar-refractivity contribution in [1.29, 1.82) is 0 Å². The van der Waals surface area contributed by atoms with Gasteiger partial charge < -0.3 is 66.4 Å². The quantitative estimate of drug-likeness (QED) is 0.0436. The average molecular weight is 1340 g/mol. The number of phenols is 5. The number of rotatable bonds is 16. The predicted octanol–water partition coefficient (Wildman–Crippen LogP) is 15.4. The highest BCUT2D eigenvalue weighted by atomic mass is 16.4. The van der Waals surface area contributed by atoms with E-state index in [9.17, 15) is 39.6 Å². The second-order valence-electron chi connectivity index (χ2n) is 33.2. The number of carbonyl (C=O) groups is 4. The Kier molecular flexibility index (Phi) is 33.7. The highest BCUT2D eigenvalue weighted by Crippen LogP contribution is 2.44. The molecule has 0 unspecified atom stereocenters. The fraction of sp³-hybridized carbons (Fsp3) is 0.570. The van der Waals surface area contributed by atoms with E-state index in [2.05, 4.69) is 166 Å². The molecular formula is C79H122O17. The summed E-state index contributed by atoms with van der Waals surface area (Å²) < 4.78 is 0. The van der Waals surface area contributed by atoms with E-state index in [0.717, 1.165) is 66.8 Å². The molecule has 0 spiro atoms. The molecule has 0 radical (unpaired) electrons. The fourth-order valence-electron chi connectivity index (χ4n) is 9.66. The Morgan fingerprint density at radius 3 is 0.500 bits per heavy atom. The zero-order chi connectivity index (χ0) is 75.3. The van der Waals surface area contributed by atoms with Crippen LogP contribution in [0.3, 0.4) is 0 Å². The first-order valence-electron chi connectivity index (χ1n) is 32.9. The zero-order valence-corrected chi connectivity index (χ0v) is 62.4. The van der Waals surface area contributed by atoms with Crippen molar-refractivity contribution in [3.05, 3.63) is 146 Å². The third kappa shape index (κ3) is 30.5. The Hall–Kier alpha value is -7.18. The lowest BCUT2D eigenvalue weighted by Crippen LogP contribution is -2.37. The molecule has 5 rings (SSSR count). The number of aliphatic carboxylic acids is 4. The van der Waals surface area contributed by atoms with Gasteiger partial charge in [-0.05, 0) is 148 Å². The SMILES string of the molecule is CC(C)(C)c1cc(CCC(=O)O)cc(C(C)(C)C)c1O.CC(C)(C)c1cc(CCC(=O)O)cc(C(C)(C)C)c1O.CC(C)(C)c1cc(CCC(=O)O)cc(C(C)(C)C)c1O.CC(C)(C)c1cc(CCC(=O)O)cc(C(C)(C)C)c1O.OCC(CO)(CO)CO.Oc1ccccc1. The molecule has 5 aromatic rings. The van der Waals surface area contributed by atoms with Crippen molar-refractivity contribution in [1.82, 2.24) is 0 Å². The number of aliphatic hydroxyl groups is 4. The molecule has 17 heteroatoms. The number of aromatic hydroxyl groups is 5. The highest BCUT2D eigenvalue weighted by Gasteiger charge is 2.31. The molecule has 96 heavy (non-hydrogen) atoms. The molecule has 0 heterocycles. The minimum atomic E-state index is -1.11. The molecule has 0 amide bonds. The second kappa shape index (κ2) is 36.4. The van der Waals surface area contributed by atoms with Gasteiger partial charge in [0.1, 0.15) is 28.7 Å². The van der Waals surface area contributed by atoms with Gasteiger partial charge in [-0.2, -0.15) is 0 Å². The van der Waals surface area contributed by atoms with Crippen molar-refractivity contribution in [3.63, 3.8) is 0 Å². The lowest BCUT2D eigenvalue weighted by atomic mass is 9.78. The molecule has 5 aromatic carbocycles. The van der Waals surface area contributed by atoms with E-state index >= 15 is 0 Å². The molecular weight excluding hydrogens is 1220 g/mol. The van der Waals surface area contributed by atoms with Gasteiger partial charge in [0.15, 0.2) is 0 Å². The molecule has 17 nitrogen and oxygen atoms in total. The van der Waals surface area contributed by atoms with Crippen LogP contribution >= 0.6 is 0 Å². The number of benzene rings is 5. The summed E-state index contributed by atoms with van der Waals surface area (Å²) >= 11 is 0. The van der Waals surface area contributed by atoms with Crippen molar-refractivity contribution in [3.8, 4) is 28.7 Å². The van der Waals surface area contributed by atoms with Gasteiger partial charge in [-0.25, -0.2) is 0 Å². The third-order valence-electron chi connectivity index (χ3n) is 15.8. The lowest BCUT2D eigenvalue weighted by Gasteiger charge is -2.28. The highest BCUT2D eigenvalue weighted by molar-refractivity contribution is 5.69. The minimum absolute atomic E-state index is 0.109. The molecule has 0 saturated heterocycles. The molecule has 13 N–H and O–H groups in total. The predicted molar refractivity (Wildman–Crippen MR) is 385 cm³/mol. The van der Waals surface area contributed by atoms with Crippen LogP contribution in [0.4, 0.5) is 0 Å². The van der Waals surface area contributed by atoms with Crippen molar-refractivity contribution in [2.45, 2.75) is 261 Å². The Morgan fingerprint density at radius 2 is 0.417 bits per heavy atom. The maximum Gasteiger partial charge on any atom is 0.303 e. The number of aryl methyl sites for hydroxylation is 4. The first kappa shape index (κ1) is 88.8. The van der Waals surface area contributed by atoms with Crippen LogP contribution in [-0.2, 0) is 88.2 Å². The van der Waals surface area contributed by atoms with E-state index in [-0.39, 0.29) is 69.0 Å². The van der Waals surface area contributed by atoms with Gasteiger partial charge in [-0.15, -0.1) is 0 Å². The van der Waals surface area contributed by atoms with E-state index in [1.165, 1.54) is 0 Å². The summed E-state index contributed by atoms with van der Waals surface area (Å²) in [6.07, 6.45) is 2.39. The van der Waals surface area contributed by atoms with Crippen molar-refractivity contribution in [2.75, 3.05) is 26.4 Å². The summed E-state index contributed by atoms with van der Waals surface area (Å²) in [6, 6.07) is 24.2. The van der Waals surface area contributed by atoms with Gasteiger partial charge in [-0.3, -0.25) is 19.2 Å². The van der Waals surface area contributed by atoms with Crippen LogP contribution in [-0.4, -0.2) is 117 Å². The van der Waals surface area contributed by atoms with E-state index in [0.29, 0.717) is 54.4 Å². The summed E-state index contributed by atoms with van der Waals surface area (Å²) in [6.45, 7) is 47.6. The first-order valence-corrected chi connectivity index (χ1v) is 32.9. The fourth-order valence-corrected chi connectivity index (χ4v) is 9.66. The van der Waals surface area contributed by atoms with Crippen molar-refractivity contribution < 1.29 is 85.6 Å². The molecule has 540 valence electrons. The summed E-state index contributed by atoms with van der Waals surface area (Å²) in [4.78, 5) is 43.0. The molecule has 0 fully saturated rings. The van der Waals surface area contributed by atoms with Gasteiger partial charge in [-0.1, -0.05) is 233 Å². The van der Waals surface area contributed by atoms with E-state index in [1.54, 1.807) is 24.3 Å². The first-order chi connectivity index (χ1) is 43.3. The monoisotopic (exact) mass is 1340 g/mol. The lowest BCUT2D eigenvalue weighted by molar-refractivity contribution is -0.138. The number of para-hydroxylation sites is 1. The molecule has 0 aliphatic rings. The van der Waals surface area contributed by atoms with Crippen LogP contribution in [0, 0.1) is 5.41 Å². The third-order valence-corrected chi connectivity index (χ3v) is 15.8. The standard InChI is InChI=1S/4C17H26O3.C6H6O.C5H12O4/c4*1-16(2,3)12-9-11(7-8-14(18)19)10-13(15(12)20)17(4,5)6;7-6-4-2-1-3-5-6;6-1-5(2-7,3-8)4-9/h4*9-10,20H,7-8H2,1-6H3,(H,18,19);1-5,7H;6-9H,1-4H2. The number of carboxylic acids is 4. The number of carboxylic acid groups (broad SMARTS) is 4. The zero-order valence-electron chi connectivity index (χ0n) is 62.4. The molecule has 0 atom stereocenters.